The highest BCUT2D eigenvalue weighted by Crippen LogP contribution is 2.34. The molecule has 1 aromatic carbocycles. The van der Waals surface area contributed by atoms with Crippen LogP contribution in [0.25, 0.3) is 0 Å². The van der Waals surface area contributed by atoms with Crippen molar-refractivity contribution in [2.24, 2.45) is 5.92 Å². The van der Waals surface area contributed by atoms with Gasteiger partial charge in [0.1, 0.15) is 0 Å². The molecule has 1 fully saturated rings. The van der Waals surface area contributed by atoms with E-state index in [1.807, 2.05) is 28.8 Å². The zero-order valence-corrected chi connectivity index (χ0v) is 13.8. The van der Waals surface area contributed by atoms with E-state index >= 15 is 0 Å². The van der Waals surface area contributed by atoms with Gasteiger partial charge in [0.25, 0.3) is 5.56 Å². The molecule has 0 unspecified atom stereocenters. The second-order valence-electron chi connectivity index (χ2n) is 7.26. The summed E-state index contributed by atoms with van der Waals surface area (Å²) in [5, 5.41) is 10.5. The molecule has 4 rings (SSSR count). The van der Waals surface area contributed by atoms with Crippen molar-refractivity contribution < 1.29 is 5.11 Å². The molecular weight excluding hydrogens is 300 g/mol. The molecule has 2 aliphatic rings. The molecular formula is C20H24N2O2. The molecule has 2 aliphatic heterocycles. The summed E-state index contributed by atoms with van der Waals surface area (Å²) in [5.41, 5.74) is 2.47. The number of piperidine rings is 1. The minimum absolute atomic E-state index is 0.125. The van der Waals surface area contributed by atoms with Crippen LogP contribution in [0, 0.1) is 5.92 Å². The van der Waals surface area contributed by atoms with Crippen molar-refractivity contribution in [3.05, 3.63) is 70.1 Å². The van der Waals surface area contributed by atoms with Crippen molar-refractivity contribution in [1.29, 1.82) is 0 Å². The van der Waals surface area contributed by atoms with Crippen molar-refractivity contribution in [3.63, 3.8) is 0 Å². The van der Waals surface area contributed by atoms with Gasteiger partial charge < -0.3 is 9.67 Å². The molecule has 0 saturated carbocycles. The van der Waals surface area contributed by atoms with Crippen molar-refractivity contribution >= 4 is 0 Å². The molecule has 1 N–H and O–H groups in total. The highest BCUT2D eigenvalue weighted by atomic mass is 16.3. The van der Waals surface area contributed by atoms with Gasteiger partial charge >= 0.3 is 0 Å². The molecule has 126 valence electrons. The van der Waals surface area contributed by atoms with Gasteiger partial charge in [0.05, 0.1) is 6.10 Å². The third-order valence-corrected chi connectivity index (χ3v) is 5.34. The van der Waals surface area contributed by atoms with Crippen LogP contribution in [0.3, 0.4) is 0 Å². The molecule has 0 amide bonds. The Morgan fingerprint density at radius 3 is 2.71 bits per heavy atom. The topological polar surface area (TPSA) is 45.5 Å². The van der Waals surface area contributed by atoms with E-state index in [9.17, 15) is 9.90 Å². The summed E-state index contributed by atoms with van der Waals surface area (Å²) in [6.07, 6.45) is 1.52. The summed E-state index contributed by atoms with van der Waals surface area (Å²) >= 11 is 0. The molecule has 0 radical (unpaired) electrons. The fourth-order valence-corrected chi connectivity index (χ4v) is 4.39. The van der Waals surface area contributed by atoms with Crippen LogP contribution in [-0.4, -0.2) is 40.3 Å². The number of fused-ring (bicyclic) bond motifs is 4. The molecule has 24 heavy (non-hydrogen) atoms. The number of hydrogen-bond donors (Lipinski definition) is 1. The fraction of sp³-hybridized carbons (Fsp3) is 0.450. The van der Waals surface area contributed by atoms with Crippen LogP contribution in [0.5, 0.6) is 0 Å². The minimum atomic E-state index is -0.343. The van der Waals surface area contributed by atoms with Gasteiger partial charge in [0.2, 0.25) is 0 Å². The molecule has 2 aromatic rings. The first kappa shape index (κ1) is 15.6. The molecule has 4 heteroatoms. The number of hydrogen-bond acceptors (Lipinski definition) is 3. The number of aliphatic hydroxyl groups excluding tert-OH is 1. The molecule has 1 saturated heterocycles. The van der Waals surface area contributed by atoms with E-state index in [0.717, 1.165) is 26.1 Å². The first-order valence-corrected chi connectivity index (χ1v) is 8.83. The average Bonchev–Trinajstić information content (AvgIpc) is 2.56. The quantitative estimate of drug-likeness (QED) is 0.934. The van der Waals surface area contributed by atoms with Gasteiger partial charge in [-0.2, -0.15) is 0 Å². The lowest BCUT2D eigenvalue weighted by Crippen LogP contribution is -2.49. The molecule has 0 spiro atoms. The molecule has 3 heterocycles. The Morgan fingerprint density at radius 1 is 1.04 bits per heavy atom. The van der Waals surface area contributed by atoms with Gasteiger partial charge in [0, 0.05) is 43.9 Å². The Kier molecular flexibility index (Phi) is 4.25. The van der Waals surface area contributed by atoms with Gasteiger partial charge in [-0.3, -0.25) is 9.69 Å². The summed E-state index contributed by atoms with van der Waals surface area (Å²) in [7, 11) is 0. The maximum absolute atomic E-state index is 12.1. The lowest BCUT2D eigenvalue weighted by molar-refractivity contribution is 0.0626. The van der Waals surface area contributed by atoms with Crippen molar-refractivity contribution in [2.45, 2.75) is 31.4 Å². The van der Waals surface area contributed by atoms with E-state index < -0.39 is 0 Å². The summed E-state index contributed by atoms with van der Waals surface area (Å²) in [6.45, 7) is 3.44. The summed E-state index contributed by atoms with van der Waals surface area (Å²) in [6, 6.07) is 15.8. The van der Waals surface area contributed by atoms with Gasteiger partial charge in [-0.1, -0.05) is 36.4 Å². The number of rotatable bonds is 4. The smallest absolute Gasteiger partial charge is 0.250 e. The van der Waals surface area contributed by atoms with E-state index in [1.54, 1.807) is 6.07 Å². The Balaban J connectivity index is 1.43. The standard InChI is InChI=1S/C20H24N2O2/c23-18(10-15-5-2-1-3-6-15)14-21-11-16-9-17(13-21)19-7-4-8-20(24)22(19)12-16/h1-8,16-18,23H,9-14H2/t16-,17-,18-/m0/s1. The van der Waals surface area contributed by atoms with E-state index in [-0.39, 0.29) is 11.7 Å². The van der Waals surface area contributed by atoms with Crippen molar-refractivity contribution in [1.82, 2.24) is 9.47 Å². The fourth-order valence-electron chi connectivity index (χ4n) is 4.39. The summed E-state index contributed by atoms with van der Waals surface area (Å²) < 4.78 is 1.95. The highest BCUT2D eigenvalue weighted by Gasteiger charge is 2.34. The second-order valence-corrected chi connectivity index (χ2v) is 7.26. The van der Waals surface area contributed by atoms with Gasteiger partial charge in [-0.05, 0) is 30.4 Å². The van der Waals surface area contributed by atoms with Crippen LogP contribution in [0.15, 0.2) is 53.3 Å². The zero-order valence-electron chi connectivity index (χ0n) is 13.8. The van der Waals surface area contributed by atoms with Gasteiger partial charge in [0.15, 0.2) is 0 Å². The number of nitrogens with zero attached hydrogens (tertiary/aromatic N) is 2. The van der Waals surface area contributed by atoms with E-state index in [1.165, 1.54) is 11.3 Å². The zero-order chi connectivity index (χ0) is 16.5. The number of β-amino-alcohol motifs (C(OH)–C–C–N with tert-alkyl or cyclic N) is 1. The normalized spacial score (nSPS) is 24.4. The van der Waals surface area contributed by atoms with Crippen LogP contribution in [0.4, 0.5) is 0 Å². The second kappa shape index (κ2) is 6.54. The van der Waals surface area contributed by atoms with Crippen LogP contribution < -0.4 is 5.56 Å². The summed E-state index contributed by atoms with van der Waals surface area (Å²) in [5.74, 6) is 0.926. The van der Waals surface area contributed by atoms with Gasteiger partial charge in [-0.15, -0.1) is 0 Å². The van der Waals surface area contributed by atoms with Crippen LogP contribution in [0.1, 0.15) is 23.6 Å². The lowest BCUT2D eigenvalue weighted by atomic mass is 9.83. The Labute approximate surface area is 142 Å². The lowest BCUT2D eigenvalue weighted by Gasteiger charge is -2.43. The van der Waals surface area contributed by atoms with Crippen LogP contribution >= 0.6 is 0 Å². The maximum atomic E-state index is 12.1. The predicted molar refractivity (Wildman–Crippen MR) is 94.1 cm³/mol. The third-order valence-electron chi connectivity index (χ3n) is 5.34. The summed E-state index contributed by atoms with van der Waals surface area (Å²) in [4.78, 5) is 14.4. The Morgan fingerprint density at radius 2 is 1.88 bits per heavy atom. The van der Waals surface area contributed by atoms with Crippen molar-refractivity contribution in [3.8, 4) is 0 Å². The SMILES string of the molecule is O=c1cccc2n1C[C@H]1C[C@H]2CN(C[C@@H](O)Cc2ccccc2)C1. The van der Waals surface area contributed by atoms with Crippen molar-refractivity contribution in [2.75, 3.05) is 19.6 Å². The number of likely N-dealkylation sites (tertiary alicyclic amines) is 1. The third kappa shape index (κ3) is 3.17. The molecule has 3 atom stereocenters. The Hall–Kier alpha value is -1.91. The number of aliphatic hydroxyl groups is 1. The predicted octanol–water partition coefficient (Wildman–Crippen LogP) is 1.87. The molecule has 2 bridgehead atoms. The van der Waals surface area contributed by atoms with Crippen LogP contribution in [-0.2, 0) is 13.0 Å². The number of benzene rings is 1. The maximum Gasteiger partial charge on any atom is 0.250 e. The van der Waals surface area contributed by atoms with E-state index in [4.69, 9.17) is 0 Å². The first-order valence-electron chi connectivity index (χ1n) is 8.83. The molecule has 1 aromatic heterocycles. The first-order chi connectivity index (χ1) is 11.7. The highest BCUT2D eigenvalue weighted by molar-refractivity contribution is 5.18. The molecule has 0 aliphatic carbocycles. The van der Waals surface area contributed by atoms with Crippen LogP contribution in [0.2, 0.25) is 0 Å². The number of aromatic nitrogens is 1. The Bertz CT molecular complexity index is 756. The number of pyridine rings is 1. The monoisotopic (exact) mass is 324 g/mol. The minimum Gasteiger partial charge on any atom is -0.391 e. The average molecular weight is 324 g/mol. The van der Waals surface area contributed by atoms with E-state index in [0.29, 0.717) is 24.8 Å². The molecule has 4 nitrogen and oxygen atoms in total. The largest absolute Gasteiger partial charge is 0.391 e. The van der Waals surface area contributed by atoms with E-state index in [2.05, 4.69) is 23.1 Å². The van der Waals surface area contributed by atoms with Gasteiger partial charge in [-0.25, -0.2) is 0 Å².